The second-order valence-electron chi connectivity index (χ2n) is 3.59. The zero-order valence-corrected chi connectivity index (χ0v) is 8.41. The van der Waals surface area contributed by atoms with E-state index in [4.69, 9.17) is 5.73 Å². The normalized spacial score (nSPS) is 15.9. The third kappa shape index (κ3) is 2.49. The van der Waals surface area contributed by atoms with Crippen LogP contribution >= 0.6 is 0 Å². The van der Waals surface area contributed by atoms with Crippen molar-refractivity contribution in [1.29, 1.82) is 0 Å². The van der Waals surface area contributed by atoms with E-state index in [9.17, 15) is 22.0 Å². The molecular formula is C10H10F5N. The predicted molar refractivity (Wildman–Crippen MR) is 48.9 cm³/mol. The minimum Gasteiger partial charge on any atom is -0.327 e. The highest BCUT2D eigenvalue weighted by molar-refractivity contribution is 5.31. The number of benzene rings is 1. The van der Waals surface area contributed by atoms with Crippen molar-refractivity contribution in [2.24, 2.45) is 5.73 Å². The Hall–Kier alpha value is -1.17. The Kier molecular flexibility index (Phi) is 3.23. The van der Waals surface area contributed by atoms with Crippen molar-refractivity contribution in [3.05, 3.63) is 35.1 Å². The summed E-state index contributed by atoms with van der Waals surface area (Å²) < 4.78 is 63.5. The molecule has 0 fully saturated rings. The summed E-state index contributed by atoms with van der Waals surface area (Å²) in [6.45, 7) is 0.566. The summed E-state index contributed by atoms with van der Waals surface area (Å²) in [5.41, 5.74) is 1.21. The van der Waals surface area contributed by atoms with Crippen molar-refractivity contribution in [3.8, 4) is 0 Å². The second-order valence-corrected chi connectivity index (χ2v) is 3.59. The lowest BCUT2D eigenvalue weighted by atomic mass is 9.96. The van der Waals surface area contributed by atoms with Gasteiger partial charge in [0.2, 0.25) is 0 Å². The molecule has 0 bridgehead atoms. The van der Waals surface area contributed by atoms with Gasteiger partial charge in [-0.3, -0.25) is 0 Å². The first-order valence-electron chi connectivity index (χ1n) is 4.44. The average molecular weight is 239 g/mol. The van der Waals surface area contributed by atoms with Gasteiger partial charge in [0.1, 0.15) is 11.5 Å². The van der Waals surface area contributed by atoms with E-state index in [0.717, 1.165) is 13.0 Å². The van der Waals surface area contributed by atoms with Crippen LogP contribution in [0.2, 0.25) is 0 Å². The summed E-state index contributed by atoms with van der Waals surface area (Å²) in [5, 5.41) is 0. The van der Waals surface area contributed by atoms with E-state index >= 15 is 0 Å². The number of alkyl halides is 4. The Labute approximate surface area is 89.1 Å². The second kappa shape index (κ2) is 4.01. The first-order valence-corrected chi connectivity index (χ1v) is 4.44. The van der Waals surface area contributed by atoms with Gasteiger partial charge in [-0.1, -0.05) is 6.07 Å². The van der Waals surface area contributed by atoms with E-state index in [2.05, 4.69) is 0 Å². The molecule has 1 unspecified atom stereocenters. The molecule has 1 atom stereocenters. The lowest BCUT2D eigenvalue weighted by molar-refractivity contribution is -0.140. The molecule has 0 radical (unpaired) electrons. The quantitative estimate of drug-likeness (QED) is 0.789. The molecule has 0 saturated carbocycles. The summed E-state index contributed by atoms with van der Waals surface area (Å²) >= 11 is 0. The molecule has 1 aromatic rings. The highest BCUT2D eigenvalue weighted by Crippen LogP contribution is 2.34. The van der Waals surface area contributed by atoms with Gasteiger partial charge >= 0.3 is 6.18 Å². The van der Waals surface area contributed by atoms with Gasteiger partial charge in [0.05, 0.1) is 5.56 Å². The van der Waals surface area contributed by atoms with Crippen LogP contribution in [0.4, 0.5) is 22.0 Å². The van der Waals surface area contributed by atoms with Gasteiger partial charge in [-0.25, -0.2) is 8.78 Å². The fraction of sp³-hybridized carbons (Fsp3) is 0.400. The smallest absolute Gasteiger partial charge is 0.327 e. The highest BCUT2D eigenvalue weighted by atomic mass is 19.4. The predicted octanol–water partition coefficient (Wildman–Crippen LogP) is 2.99. The number of rotatable bonds is 2. The molecule has 0 heterocycles. The summed E-state index contributed by atoms with van der Waals surface area (Å²) in [4.78, 5) is 0. The minimum atomic E-state index is -4.84. The van der Waals surface area contributed by atoms with Gasteiger partial charge in [-0.05, 0) is 24.6 Å². The molecule has 0 saturated heterocycles. The molecule has 0 aliphatic carbocycles. The van der Waals surface area contributed by atoms with E-state index in [1.54, 1.807) is 0 Å². The molecule has 16 heavy (non-hydrogen) atoms. The lowest BCUT2D eigenvalue weighted by Gasteiger charge is -2.20. The standard InChI is InChI=1S/C10H10F5N/c1-9(12,5-16)6-2-3-8(11)7(4-6)10(13,14)15/h2-4H,5,16H2,1H3. The molecule has 2 N–H and O–H groups in total. The Morgan fingerprint density at radius 3 is 2.19 bits per heavy atom. The molecule has 90 valence electrons. The molecule has 1 rings (SSSR count). The van der Waals surface area contributed by atoms with Crippen LogP contribution in [0.3, 0.4) is 0 Å². The minimum absolute atomic E-state index is 0.288. The van der Waals surface area contributed by atoms with E-state index < -0.39 is 29.8 Å². The number of hydrogen-bond acceptors (Lipinski definition) is 1. The van der Waals surface area contributed by atoms with Crippen molar-refractivity contribution in [2.45, 2.75) is 18.8 Å². The molecule has 6 heteroatoms. The number of hydrogen-bond donors (Lipinski definition) is 1. The Morgan fingerprint density at radius 2 is 1.75 bits per heavy atom. The third-order valence-electron chi connectivity index (χ3n) is 2.26. The summed E-state index contributed by atoms with van der Waals surface area (Å²) in [5.74, 6) is -1.43. The summed E-state index contributed by atoms with van der Waals surface area (Å²) in [6, 6.07) is 1.99. The molecule has 1 aromatic carbocycles. The van der Waals surface area contributed by atoms with Gasteiger partial charge in [-0.2, -0.15) is 13.2 Å². The largest absolute Gasteiger partial charge is 0.419 e. The molecule has 0 amide bonds. The topological polar surface area (TPSA) is 26.0 Å². The molecule has 0 spiro atoms. The van der Waals surface area contributed by atoms with Crippen LogP contribution in [0.5, 0.6) is 0 Å². The van der Waals surface area contributed by atoms with Crippen molar-refractivity contribution in [2.75, 3.05) is 6.54 Å². The Morgan fingerprint density at radius 1 is 1.19 bits per heavy atom. The number of nitrogens with two attached hydrogens (primary N) is 1. The summed E-state index contributed by atoms with van der Waals surface area (Å²) in [6.07, 6.45) is -4.84. The van der Waals surface area contributed by atoms with Gasteiger partial charge in [0, 0.05) is 6.54 Å². The maximum atomic E-state index is 13.6. The molecule has 0 aliphatic rings. The first kappa shape index (κ1) is 12.9. The SMILES string of the molecule is CC(F)(CN)c1ccc(F)c(C(F)(F)F)c1. The van der Waals surface area contributed by atoms with E-state index in [1.165, 1.54) is 0 Å². The van der Waals surface area contributed by atoms with Crippen LogP contribution in [0.15, 0.2) is 18.2 Å². The first-order chi connectivity index (χ1) is 7.18. The monoisotopic (exact) mass is 239 g/mol. The van der Waals surface area contributed by atoms with Gasteiger partial charge < -0.3 is 5.73 Å². The zero-order valence-electron chi connectivity index (χ0n) is 8.41. The van der Waals surface area contributed by atoms with E-state index in [0.29, 0.717) is 12.1 Å². The molecule has 0 aromatic heterocycles. The van der Waals surface area contributed by atoms with Gasteiger partial charge in [0.15, 0.2) is 0 Å². The Bertz CT molecular complexity index is 383. The van der Waals surface area contributed by atoms with Crippen LogP contribution in [-0.2, 0) is 11.8 Å². The van der Waals surface area contributed by atoms with Crippen LogP contribution in [0.1, 0.15) is 18.1 Å². The maximum Gasteiger partial charge on any atom is 0.419 e. The molecule has 0 aliphatic heterocycles. The average Bonchev–Trinajstić information content (AvgIpc) is 2.16. The summed E-state index contributed by atoms with van der Waals surface area (Å²) in [7, 11) is 0. The maximum absolute atomic E-state index is 13.6. The van der Waals surface area contributed by atoms with Crippen molar-refractivity contribution < 1.29 is 22.0 Å². The highest BCUT2D eigenvalue weighted by Gasteiger charge is 2.36. The molecule has 1 nitrogen and oxygen atoms in total. The zero-order chi connectivity index (χ0) is 12.6. The van der Waals surface area contributed by atoms with Crippen molar-refractivity contribution in [1.82, 2.24) is 0 Å². The van der Waals surface area contributed by atoms with Gasteiger partial charge in [-0.15, -0.1) is 0 Å². The lowest BCUT2D eigenvalue weighted by Crippen LogP contribution is -2.27. The number of halogens is 5. The van der Waals surface area contributed by atoms with E-state index in [-0.39, 0.29) is 5.56 Å². The van der Waals surface area contributed by atoms with Crippen molar-refractivity contribution in [3.63, 3.8) is 0 Å². The van der Waals surface area contributed by atoms with Crippen molar-refractivity contribution >= 4 is 0 Å². The fourth-order valence-electron chi connectivity index (χ4n) is 1.18. The van der Waals surface area contributed by atoms with Gasteiger partial charge in [0.25, 0.3) is 0 Å². The van der Waals surface area contributed by atoms with Crippen LogP contribution < -0.4 is 5.73 Å². The van der Waals surface area contributed by atoms with E-state index in [1.807, 2.05) is 0 Å². The third-order valence-corrected chi connectivity index (χ3v) is 2.26. The fourth-order valence-corrected chi connectivity index (χ4v) is 1.18. The van der Waals surface area contributed by atoms with Crippen LogP contribution in [-0.4, -0.2) is 6.54 Å². The molecular weight excluding hydrogens is 229 g/mol. The van der Waals surface area contributed by atoms with Crippen LogP contribution in [0.25, 0.3) is 0 Å². The van der Waals surface area contributed by atoms with Crippen LogP contribution in [0, 0.1) is 5.82 Å². The Balaban J connectivity index is 3.29.